The summed E-state index contributed by atoms with van der Waals surface area (Å²) in [6.45, 7) is 5.16. The van der Waals surface area contributed by atoms with Crippen LogP contribution >= 0.6 is 0 Å². The molecule has 17 nitrogen and oxygen atoms in total. The molecule has 19 heteroatoms. The molecule has 0 bridgehead atoms. The van der Waals surface area contributed by atoms with E-state index in [4.69, 9.17) is 4.74 Å². The van der Waals surface area contributed by atoms with Crippen LogP contribution in [0.4, 0.5) is 37.6 Å². The lowest BCUT2D eigenvalue weighted by molar-refractivity contribution is -0.140. The third-order valence-electron chi connectivity index (χ3n) is 13.0. The molecule has 3 saturated heterocycles. The minimum atomic E-state index is -3.58. The average molecular weight is 872 g/mol. The third kappa shape index (κ3) is 9.99. The van der Waals surface area contributed by atoms with Crippen LogP contribution in [0.3, 0.4) is 0 Å². The van der Waals surface area contributed by atoms with Crippen molar-refractivity contribution in [1.29, 1.82) is 0 Å². The molecule has 4 aliphatic heterocycles. The molecule has 1 aromatic heterocycles. The van der Waals surface area contributed by atoms with Crippen LogP contribution in [0.1, 0.15) is 78.5 Å². The van der Waals surface area contributed by atoms with Gasteiger partial charge in [-0.15, -0.1) is 0 Å². The average Bonchev–Trinajstić information content (AvgIpc) is 3.82. The first kappa shape index (κ1) is 43.7. The zero-order valence-electron chi connectivity index (χ0n) is 35.7. The predicted molar refractivity (Wildman–Crippen MR) is 231 cm³/mol. The Hall–Kier alpha value is -5.95. The van der Waals surface area contributed by atoms with Gasteiger partial charge in [-0.3, -0.25) is 39.6 Å². The number of benzene rings is 2. The Morgan fingerprint density at radius 3 is 2.40 bits per heavy atom. The van der Waals surface area contributed by atoms with E-state index in [-0.39, 0.29) is 54.1 Å². The molecule has 4 fully saturated rings. The highest BCUT2D eigenvalue weighted by Crippen LogP contribution is 2.40. The number of amides is 5. The van der Waals surface area contributed by atoms with Crippen LogP contribution in [-0.2, 0) is 14.4 Å². The maximum atomic E-state index is 15.0. The van der Waals surface area contributed by atoms with E-state index in [1.165, 1.54) is 20.4 Å². The van der Waals surface area contributed by atoms with Crippen molar-refractivity contribution < 1.29 is 37.5 Å². The second kappa shape index (κ2) is 18.8. The number of methoxy groups -OCH3 is 1. The largest absolute Gasteiger partial charge is 0.495 e. The van der Waals surface area contributed by atoms with Crippen LogP contribution in [0.25, 0.3) is 0 Å². The second-order valence-corrected chi connectivity index (χ2v) is 17.1. The molecule has 2 aromatic carbocycles. The Morgan fingerprint density at radius 1 is 0.921 bits per heavy atom. The summed E-state index contributed by atoms with van der Waals surface area (Å²) in [5.41, 5.74) is 5.58. The fraction of sp³-hybridized carbons (Fsp3) is 0.523. The Bertz CT molecular complexity index is 2210. The van der Waals surface area contributed by atoms with E-state index in [2.05, 4.69) is 41.1 Å². The van der Waals surface area contributed by atoms with Crippen molar-refractivity contribution in [3.63, 3.8) is 0 Å². The molecule has 5 amide bonds. The molecule has 0 radical (unpaired) electrons. The first-order valence-electron chi connectivity index (χ1n) is 21.9. The van der Waals surface area contributed by atoms with Crippen LogP contribution in [0.5, 0.6) is 5.75 Å². The monoisotopic (exact) mass is 871 g/mol. The van der Waals surface area contributed by atoms with Crippen LogP contribution in [0, 0.1) is 5.92 Å². The third-order valence-corrected chi connectivity index (χ3v) is 13.0. The number of ether oxygens (including phenoxy) is 1. The van der Waals surface area contributed by atoms with E-state index in [1.54, 1.807) is 29.2 Å². The number of carbonyl (C=O) groups excluding carboxylic acids is 5. The summed E-state index contributed by atoms with van der Waals surface area (Å²) in [5, 5.41) is 10.1. The lowest BCUT2D eigenvalue weighted by atomic mass is 9.94. The number of imide groups is 1. The molecule has 5 heterocycles. The number of hydrazine groups is 1. The fourth-order valence-electron chi connectivity index (χ4n) is 9.21. The first-order chi connectivity index (χ1) is 30.3. The summed E-state index contributed by atoms with van der Waals surface area (Å²) < 4.78 is 35.7. The van der Waals surface area contributed by atoms with E-state index in [0.717, 1.165) is 101 Å². The quantitative estimate of drug-likeness (QED) is 0.194. The summed E-state index contributed by atoms with van der Waals surface area (Å²) in [6.07, 6.45) is 8.16. The Labute approximate surface area is 364 Å². The number of rotatable bonds is 12. The van der Waals surface area contributed by atoms with E-state index in [1.807, 2.05) is 23.2 Å². The molecular formula is C44H55F2N11O6. The number of fused-ring (bicyclic) bond motifs is 1. The fourth-order valence-corrected chi connectivity index (χ4v) is 9.21. The van der Waals surface area contributed by atoms with E-state index >= 15 is 8.78 Å². The minimum absolute atomic E-state index is 0.142. The van der Waals surface area contributed by atoms with Crippen molar-refractivity contribution >= 4 is 58.4 Å². The Morgan fingerprint density at radius 2 is 1.67 bits per heavy atom. The van der Waals surface area contributed by atoms with Gasteiger partial charge in [0.05, 0.1) is 25.5 Å². The zero-order chi connectivity index (χ0) is 44.3. The smallest absolute Gasteiger partial charge is 0.342 e. The summed E-state index contributed by atoms with van der Waals surface area (Å²) in [7, 11) is 2.81. The normalized spacial score (nSPS) is 21.4. The van der Waals surface area contributed by atoms with Gasteiger partial charge in [-0.25, -0.2) is 9.99 Å². The number of aromatic nitrogens is 2. The van der Waals surface area contributed by atoms with Gasteiger partial charge in [0, 0.05) is 75.6 Å². The molecule has 4 N–H and O–H groups in total. The van der Waals surface area contributed by atoms with Gasteiger partial charge in [-0.1, -0.05) is 18.9 Å². The van der Waals surface area contributed by atoms with Crippen LogP contribution in [0.15, 0.2) is 48.7 Å². The van der Waals surface area contributed by atoms with Crippen LogP contribution < -0.4 is 40.8 Å². The minimum Gasteiger partial charge on any atom is -0.495 e. The molecule has 1 unspecified atom stereocenters. The number of hydrogen-bond donors (Lipinski definition) is 4. The molecule has 0 spiro atoms. The maximum Gasteiger partial charge on any atom is 0.342 e. The number of anilines is 5. The van der Waals surface area contributed by atoms with E-state index < -0.39 is 30.3 Å². The number of piperazine rings is 1. The lowest BCUT2D eigenvalue weighted by Crippen LogP contribution is -2.52. The highest BCUT2D eigenvalue weighted by atomic mass is 19.3. The predicted octanol–water partition coefficient (Wildman–Crippen LogP) is 3.69. The standard InChI is InChI=1S/C44H55F2N11O6/c1-53-35-26-47-43(51-38(35)57(31-7-3-4-8-31)27-44(45,46)42(53)62)49-33-11-10-30(25-36(33)63-2)40(60)52-56-18-15-28(16-19-56)14-17-54-20-22-55(23-21-54)32-9-5-6-29(24-32)39(59)48-34-12-13-37(58)50-41(34)61/h5-6,9-11,24-26,28,31,34H,3-4,7-8,12-23,27H2,1-2H3,(H,48,59)(H,52,60)(H,47,49,51)(H,50,58,61). The summed E-state index contributed by atoms with van der Waals surface area (Å²) in [4.78, 5) is 78.8. The van der Waals surface area contributed by atoms with Crippen molar-refractivity contribution in [3.8, 4) is 5.75 Å². The molecule has 1 aliphatic carbocycles. The Kier molecular flexibility index (Phi) is 13.0. The number of carbonyl (C=O) groups is 5. The Balaban J connectivity index is 0.790. The summed E-state index contributed by atoms with van der Waals surface area (Å²) in [6, 6.07) is 11.5. The van der Waals surface area contributed by atoms with Gasteiger partial charge in [0.15, 0.2) is 5.82 Å². The van der Waals surface area contributed by atoms with Gasteiger partial charge in [-0.05, 0) is 87.4 Å². The number of piperidine rings is 2. The van der Waals surface area contributed by atoms with Gasteiger partial charge in [0.1, 0.15) is 17.5 Å². The summed E-state index contributed by atoms with van der Waals surface area (Å²) in [5.74, 6) is -4.95. The number of nitrogens with one attached hydrogen (secondary N) is 4. The number of alkyl halides is 2. The topological polar surface area (TPSA) is 185 Å². The van der Waals surface area contributed by atoms with Crippen molar-refractivity contribution in [2.45, 2.75) is 75.8 Å². The highest BCUT2D eigenvalue weighted by molar-refractivity contribution is 6.04. The van der Waals surface area contributed by atoms with Crippen LogP contribution in [0.2, 0.25) is 0 Å². The van der Waals surface area contributed by atoms with Crippen molar-refractivity contribution in [2.75, 3.05) is 86.5 Å². The number of hydrogen-bond acceptors (Lipinski definition) is 13. The van der Waals surface area contributed by atoms with Crippen LogP contribution in [-0.4, -0.2) is 134 Å². The SMILES string of the molecule is COc1cc(C(=O)NN2CCC(CCN3CCN(c4cccc(C(=O)NC5CCC(=O)NC5=O)c4)CC3)CC2)ccc1Nc1ncc2c(n1)N(C1CCCC1)CC(F)(F)C(=O)N2C. The first-order valence-corrected chi connectivity index (χ1v) is 21.9. The maximum absolute atomic E-state index is 15.0. The molecule has 336 valence electrons. The van der Waals surface area contributed by atoms with Crippen molar-refractivity contribution in [3.05, 3.63) is 59.8 Å². The van der Waals surface area contributed by atoms with E-state index in [9.17, 15) is 24.0 Å². The highest BCUT2D eigenvalue weighted by Gasteiger charge is 2.49. The lowest BCUT2D eigenvalue weighted by Gasteiger charge is -2.37. The van der Waals surface area contributed by atoms with Gasteiger partial charge >= 0.3 is 5.92 Å². The van der Waals surface area contributed by atoms with Gasteiger partial charge in [0.25, 0.3) is 17.7 Å². The van der Waals surface area contributed by atoms with Gasteiger partial charge in [-0.2, -0.15) is 13.8 Å². The number of halogens is 2. The molecule has 63 heavy (non-hydrogen) atoms. The molecular weight excluding hydrogens is 817 g/mol. The van der Waals surface area contributed by atoms with Crippen molar-refractivity contribution in [1.82, 2.24) is 35.9 Å². The molecule has 1 atom stereocenters. The molecule has 5 aliphatic rings. The molecule has 1 saturated carbocycles. The second-order valence-electron chi connectivity index (χ2n) is 17.1. The van der Waals surface area contributed by atoms with Gasteiger partial charge < -0.3 is 30.1 Å². The van der Waals surface area contributed by atoms with Crippen molar-refractivity contribution in [2.24, 2.45) is 5.92 Å². The zero-order valence-corrected chi connectivity index (χ0v) is 35.7. The molecule has 3 aromatic rings. The van der Waals surface area contributed by atoms with E-state index in [0.29, 0.717) is 28.5 Å². The summed E-state index contributed by atoms with van der Waals surface area (Å²) >= 11 is 0. The molecule has 8 rings (SSSR count). The van der Waals surface area contributed by atoms with Gasteiger partial charge in [0.2, 0.25) is 17.8 Å². The number of nitrogens with zero attached hydrogens (tertiary/aromatic N) is 7.